The lowest BCUT2D eigenvalue weighted by molar-refractivity contribution is 0.112. The lowest BCUT2D eigenvalue weighted by Crippen LogP contribution is -2.21. The van der Waals surface area contributed by atoms with Crippen LogP contribution in [-0.4, -0.2) is 11.3 Å². The molecule has 1 aliphatic rings. The van der Waals surface area contributed by atoms with E-state index in [2.05, 4.69) is 26.0 Å². The molecule has 0 amide bonds. The quantitative estimate of drug-likeness (QED) is 0.694. The Kier molecular flexibility index (Phi) is 3.97. The zero-order chi connectivity index (χ0) is 17.6. The number of pyridine rings is 1. The summed E-state index contributed by atoms with van der Waals surface area (Å²) in [5, 5.41) is 1.08. The molecule has 0 saturated carbocycles. The summed E-state index contributed by atoms with van der Waals surface area (Å²) in [6.07, 6.45) is 4.21. The van der Waals surface area contributed by atoms with Crippen molar-refractivity contribution in [1.29, 1.82) is 0 Å². The Labute approximate surface area is 151 Å². The largest absolute Gasteiger partial charge is 0.325 e. The van der Waals surface area contributed by atoms with E-state index in [1.807, 2.05) is 18.2 Å². The standard InChI is InChI=1S/C21H22N2OS/c1-21(2)8-7-19-15(10-21)16(12-24)20(25-19)14-9-13-5-3-4-6-17(13)23-18(14)11-22/h3-6,9,12H,7-8,10-11,22H2,1-2H3. The van der Waals surface area contributed by atoms with Gasteiger partial charge in [-0.3, -0.25) is 9.78 Å². The van der Waals surface area contributed by atoms with E-state index in [0.717, 1.165) is 58.1 Å². The molecule has 0 spiro atoms. The molecule has 0 atom stereocenters. The first-order chi connectivity index (χ1) is 12.0. The second kappa shape index (κ2) is 6.04. The number of thiophene rings is 1. The highest BCUT2D eigenvalue weighted by atomic mass is 32.1. The Hall–Kier alpha value is -2.04. The molecule has 1 aromatic carbocycles. The molecule has 4 rings (SSSR count). The Balaban J connectivity index is 1.95. The fourth-order valence-electron chi connectivity index (χ4n) is 3.77. The van der Waals surface area contributed by atoms with Crippen LogP contribution in [0.4, 0.5) is 0 Å². The lowest BCUT2D eigenvalue weighted by Gasteiger charge is -2.29. The fraction of sp³-hybridized carbons (Fsp3) is 0.333. The maximum absolute atomic E-state index is 12.0. The number of benzene rings is 1. The first-order valence-electron chi connectivity index (χ1n) is 8.71. The predicted molar refractivity (Wildman–Crippen MR) is 104 cm³/mol. The summed E-state index contributed by atoms with van der Waals surface area (Å²) in [5.74, 6) is 0. The number of fused-ring (bicyclic) bond motifs is 2. The van der Waals surface area contributed by atoms with Gasteiger partial charge in [0, 0.05) is 32.8 Å². The van der Waals surface area contributed by atoms with Crippen molar-refractivity contribution in [1.82, 2.24) is 4.98 Å². The van der Waals surface area contributed by atoms with E-state index >= 15 is 0 Å². The molecule has 0 saturated heterocycles. The number of aldehydes is 1. The van der Waals surface area contributed by atoms with Crippen LogP contribution in [0.5, 0.6) is 0 Å². The van der Waals surface area contributed by atoms with Crippen molar-refractivity contribution < 1.29 is 4.79 Å². The molecule has 0 fully saturated rings. The van der Waals surface area contributed by atoms with E-state index in [1.165, 1.54) is 10.4 Å². The minimum absolute atomic E-state index is 0.251. The number of aryl methyl sites for hydroxylation is 1. The van der Waals surface area contributed by atoms with Crippen LogP contribution >= 0.6 is 11.3 Å². The first kappa shape index (κ1) is 16.4. The number of nitrogens with zero attached hydrogens (tertiary/aromatic N) is 1. The van der Waals surface area contributed by atoms with Crippen LogP contribution in [0.3, 0.4) is 0 Å². The second-order valence-electron chi connectivity index (χ2n) is 7.58. The van der Waals surface area contributed by atoms with Gasteiger partial charge in [0.1, 0.15) is 0 Å². The number of para-hydroxylation sites is 1. The summed E-state index contributed by atoms with van der Waals surface area (Å²) < 4.78 is 0. The number of hydrogen-bond donors (Lipinski definition) is 1. The molecule has 1 aliphatic carbocycles. The van der Waals surface area contributed by atoms with E-state index in [-0.39, 0.29) is 5.41 Å². The number of hydrogen-bond acceptors (Lipinski definition) is 4. The van der Waals surface area contributed by atoms with E-state index < -0.39 is 0 Å². The Bertz CT molecular complexity index is 971. The van der Waals surface area contributed by atoms with Crippen molar-refractivity contribution in [2.45, 2.75) is 39.7 Å². The maximum atomic E-state index is 12.0. The zero-order valence-electron chi connectivity index (χ0n) is 14.6. The Morgan fingerprint density at radius 2 is 2.12 bits per heavy atom. The summed E-state index contributed by atoms with van der Waals surface area (Å²) in [7, 11) is 0. The predicted octanol–water partition coefficient (Wildman–Crippen LogP) is 4.75. The third-order valence-electron chi connectivity index (χ3n) is 5.17. The molecule has 3 nitrogen and oxygen atoms in total. The van der Waals surface area contributed by atoms with Gasteiger partial charge >= 0.3 is 0 Å². The summed E-state index contributed by atoms with van der Waals surface area (Å²) in [6.45, 7) is 4.93. The molecule has 0 bridgehead atoms. The maximum Gasteiger partial charge on any atom is 0.151 e. The number of carbonyl (C=O) groups excluding carboxylic acids is 1. The van der Waals surface area contributed by atoms with Gasteiger partial charge in [-0.1, -0.05) is 32.0 Å². The number of nitrogens with two attached hydrogens (primary N) is 1. The van der Waals surface area contributed by atoms with Crippen molar-refractivity contribution in [2.75, 3.05) is 0 Å². The van der Waals surface area contributed by atoms with Crippen LogP contribution in [0.1, 0.15) is 46.8 Å². The highest BCUT2D eigenvalue weighted by molar-refractivity contribution is 7.16. The molecule has 25 heavy (non-hydrogen) atoms. The molecule has 0 unspecified atom stereocenters. The van der Waals surface area contributed by atoms with Crippen LogP contribution < -0.4 is 5.73 Å². The summed E-state index contributed by atoms with van der Waals surface area (Å²) in [6, 6.07) is 10.2. The normalized spacial score (nSPS) is 16.0. The minimum Gasteiger partial charge on any atom is -0.325 e. The molecule has 0 aliphatic heterocycles. The van der Waals surface area contributed by atoms with Gasteiger partial charge in [-0.15, -0.1) is 11.3 Å². The Morgan fingerprint density at radius 3 is 2.88 bits per heavy atom. The smallest absolute Gasteiger partial charge is 0.151 e. The molecular formula is C21H22N2OS. The van der Waals surface area contributed by atoms with E-state index in [1.54, 1.807) is 11.3 Å². The average Bonchev–Trinajstić information content (AvgIpc) is 2.96. The topological polar surface area (TPSA) is 56.0 Å². The van der Waals surface area contributed by atoms with Gasteiger partial charge in [-0.2, -0.15) is 0 Å². The SMILES string of the molecule is CC1(C)CCc2sc(-c3cc4ccccc4nc3CN)c(C=O)c2C1. The average molecular weight is 350 g/mol. The number of aromatic nitrogens is 1. The van der Waals surface area contributed by atoms with Gasteiger partial charge in [0.25, 0.3) is 0 Å². The molecule has 2 aromatic heterocycles. The van der Waals surface area contributed by atoms with Gasteiger partial charge in [0.2, 0.25) is 0 Å². The third kappa shape index (κ3) is 2.79. The second-order valence-corrected chi connectivity index (χ2v) is 8.69. The molecule has 128 valence electrons. The minimum atomic E-state index is 0.251. The van der Waals surface area contributed by atoms with E-state index in [9.17, 15) is 4.79 Å². The summed E-state index contributed by atoms with van der Waals surface area (Å²) in [4.78, 5) is 19.1. The van der Waals surface area contributed by atoms with Crippen molar-refractivity contribution in [3.05, 3.63) is 52.0 Å². The lowest BCUT2D eigenvalue weighted by atomic mass is 9.76. The molecular weight excluding hydrogens is 328 g/mol. The number of rotatable bonds is 3. The fourth-order valence-corrected chi connectivity index (χ4v) is 5.10. The van der Waals surface area contributed by atoms with Crippen LogP contribution in [0.2, 0.25) is 0 Å². The monoisotopic (exact) mass is 350 g/mol. The van der Waals surface area contributed by atoms with Gasteiger partial charge in [0.15, 0.2) is 6.29 Å². The van der Waals surface area contributed by atoms with Crippen molar-refractivity contribution in [2.24, 2.45) is 11.1 Å². The number of carbonyl (C=O) groups is 1. The van der Waals surface area contributed by atoms with E-state index in [4.69, 9.17) is 10.7 Å². The summed E-state index contributed by atoms with van der Waals surface area (Å²) >= 11 is 1.75. The van der Waals surface area contributed by atoms with Gasteiger partial charge in [0.05, 0.1) is 11.2 Å². The van der Waals surface area contributed by atoms with E-state index in [0.29, 0.717) is 6.54 Å². The van der Waals surface area contributed by atoms with Crippen molar-refractivity contribution >= 4 is 28.5 Å². The van der Waals surface area contributed by atoms with Gasteiger partial charge in [-0.25, -0.2) is 0 Å². The third-order valence-corrected chi connectivity index (χ3v) is 6.52. The molecule has 0 radical (unpaired) electrons. The van der Waals surface area contributed by atoms with Crippen LogP contribution in [-0.2, 0) is 19.4 Å². The molecule has 2 N–H and O–H groups in total. The van der Waals surface area contributed by atoms with Crippen molar-refractivity contribution in [3.8, 4) is 10.4 Å². The van der Waals surface area contributed by atoms with Crippen LogP contribution in [0, 0.1) is 5.41 Å². The molecule has 2 heterocycles. The molecule has 4 heteroatoms. The summed E-state index contributed by atoms with van der Waals surface area (Å²) in [5.41, 5.74) is 11.1. The van der Waals surface area contributed by atoms with Gasteiger partial charge < -0.3 is 5.73 Å². The van der Waals surface area contributed by atoms with Crippen LogP contribution in [0.15, 0.2) is 30.3 Å². The van der Waals surface area contributed by atoms with Crippen molar-refractivity contribution in [3.63, 3.8) is 0 Å². The molecule has 3 aromatic rings. The van der Waals surface area contributed by atoms with Gasteiger partial charge in [-0.05, 0) is 42.4 Å². The first-order valence-corrected chi connectivity index (χ1v) is 9.53. The Morgan fingerprint density at radius 1 is 1.32 bits per heavy atom. The van der Waals surface area contributed by atoms with Crippen LogP contribution in [0.25, 0.3) is 21.3 Å². The highest BCUT2D eigenvalue weighted by Gasteiger charge is 2.31. The zero-order valence-corrected chi connectivity index (χ0v) is 15.5. The highest BCUT2D eigenvalue weighted by Crippen LogP contribution is 2.45.